The van der Waals surface area contributed by atoms with Crippen LogP contribution in [0.15, 0.2) is 0 Å². The van der Waals surface area contributed by atoms with Gasteiger partial charge in [0.2, 0.25) is 0 Å². The molecule has 1 heterocycles. The van der Waals surface area contributed by atoms with E-state index in [0.29, 0.717) is 12.1 Å². The highest BCUT2D eigenvalue weighted by Gasteiger charge is 2.19. The Hall–Kier alpha value is -0.120. The molecule has 0 aromatic carbocycles. The summed E-state index contributed by atoms with van der Waals surface area (Å²) in [6.45, 7) is 14.6. The first-order valence-electron chi connectivity index (χ1n) is 7.65. The van der Waals surface area contributed by atoms with E-state index >= 15 is 0 Å². The second-order valence-corrected chi connectivity index (χ2v) is 6.21. The molecule has 1 fully saturated rings. The molecule has 1 atom stereocenters. The number of unbranched alkanes of at least 4 members (excludes halogenated alkanes) is 1. The third-order valence-corrected chi connectivity index (χ3v) is 3.42. The fourth-order valence-corrected chi connectivity index (χ4v) is 2.58. The molecule has 1 aliphatic rings. The SMILES string of the molecule is CC(C)CC1CN(CCCCOC(C)C)CCN1. The molecule has 3 heteroatoms. The van der Waals surface area contributed by atoms with Crippen LogP contribution in [0.4, 0.5) is 0 Å². The summed E-state index contributed by atoms with van der Waals surface area (Å²) in [6, 6.07) is 0.700. The Labute approximate surface area is 113 Å². The second-order valence-electron chi connectivity index (χ2n) is 6.21. The predicted octanol–water partition coefficient (Wildman–Crippen LogP) is 2.51. The van der Waals surface area contributed by atoms with Gasteiger partial charge in [0.25, 0.3) is 0 Å². The summed E-state index contributed by atoms with van der Waals surface area (Å²) in [6.07, 6.45) is 4.13. The molecule has 0 saturated carbocycles. The van der Waals surface area contributed by atoms with Gasteiger partial charge < -0.3 is 15.0 Å². The van der Waals surface area contributed by atoms with Crippen molar-refractivity contribution in [3.05, 3.63) is 0 Å². The maximum atomic E-state index is 5.57. The van der Waals surface area contributed by atoms with Gasteiger partial charge in [-0.1, -0.05) is 13.8 Å². The standard InChI is InChI=1S/C15H32N2O/c1-13(2)11-15-12-17(9-7-16-15)8-5-6-10-18-14(3)4/h13-16H,5-12H2,1-4H3. The van der Waals surface area contributed by atoms with Crippen molar-refractivity contribution in [2.75, 3.05) is 32.8 Å². The van der Waals surface area contributed by atoms with Crippen LogP contribution in [-0.2, 0) is 4.74 Å². The van der Waals surface area contributed by atoms with Gasteiger partial charge in [-0.2, -0.15) is 0 Å². The first kappa shape index (κ1) is 15.9. The maximum Gasteiger partial charge on any atom is 0.0518 e. The fraction of sp³-hybridized carbons (Fsp3) is 1.00. The summed E-state index contributed by atoms with van der Waals surface area (Å²) in [7, 11) is 0. The van der Waals surface area contributed by atoms with Crippen LogP contribution >= 0.6 is 0 Å². The van der Waals surface area contributed by atoms with E-state index in [4.69, 9.17) is 4.74 Å². The van der Waals surface area contributed by atoms with Gasteiger partial charge in [0, 0.05) is 32.3 Å². The summed E-state index contributed by atoms with van der Waals surface area (Å²) in [4.78, 5) is 2.61. The minimum Gasteiger partial charge on any atom is -0.379 e. The van der Waals surface area contributed by atoms with Crippen LogP contribution in [0, 0.1) is 5.92 Å². The van der Waals surface area contributed by atoms with E-state index < -0.39 is 0 Å². The summed E-state index contributed by atoms with van der Waals surface area (Å²) in [5, 5.41) is 3.63. The molecule has 1 rings (SSSR count). The Kier molecular flexibility index (Phi) is 7.87. The first-order chi connectivity index (χ1) is 8.58. The molecule has 0 bridgehead atoms. The molecule has 0 aromatic heterocycles. The van der Waals surface area contributed by atoms with Gasteiger partial charge in [-0.05, 0) is 45.6 Å². The smallest absolute Gasteiger partial charge is 0.0518 e. The Bertz CT molecular complexity index is 207. The lowest BCUT2D eigenvalue weighted by atomic mass is 10.0. The number of nitrogens with zero attached hydrogens (tertiary/aromatic N) is 1. The Morgan fingerprint density at radius 1 is 1.22 bits per heavy atom. The molecule has 1 aliphatic heterocycles. The molecule has 1 unspecified atom stereocenters. The number of hydrogen-bond donors (Lipinski definition) is 1. The van der Waals surface area contributed by atoms with Crippen molar-refractivity contribution in [1.82, 2.24) is 10.2 Å². The van der Waals surface area contributed by atoms with Gasteiger partial charge >= 0.3 is 0 Å². The molecule has 0 radical (unpaired) electrons. The zero-order valence-corrected chi connectivity index (χ0v) is 12.7. The van der Waals surface area contributed by atoms with Crippen molar-refractivity contribution < 1.29 is 4.74 Å². The van der Waals surface area contributed by atoms with Crippen molar-refractivity contribution in [1.29, 1.82) is 0 Å². The molecular weight excluding hydrogens is 224 g/mol. The van der Waals surface area contributed by atoms with Crippen molar-refractivity contribution >= 4 is 0 Å². The summed E-state index contributed by atoms with van der Waals surface area (Å²) in [5.74, 6) is 0.793. The zero-order valence-electron chi connectivity index (χ0n) is 12.7. The normalized spacial score (nSPS) is 22.0. The molecule has 0 aliphatic carbocycles. The maximum absolute atomic E-state index is 5.57. The lowest BCUT2D eigenvalue weighted by molar-refractivity contribution is 0.0732. The van der Waals surface area contributed by atoms with Crippen LogP contribution in [0.5, 0.6) is 0 Å². The summed E-state index contributed by atoms with van der Waals surface area (Å²) >= 11 is 0. The highest BCUT2D eigenvalue weighted by Crippen LogP contribution is 2.10. The summed E-state index contributed by atoms with van der Waals surface area (Å²) < 4.78 is 5.57. The highest BCUT2D eigenvalue weighted by atomic mass is 16.5. The minimum absolute atomic E-state index is 0.375. The van der Waals surface area contributed by atoms with Crippen molar-refractivity contribution in [3.8, 4) is 0 Å². The molecule has 0 spiro atoms. The molecule has 18 heavy (non-hydrogen) atoms. The second kappa shape index (κ2) is 8.89. The van der Waals surface area contributed by atoms with Crippen molar-refractivity contribution in [3.63, 3.8) is 0 Å². The van der Waals surface area contributed by atoms with Gasteiger partial charge in [0.05, 0.1) is 6.10 Å². The van der Waals surface area contributed by atoms with Crippen LogP contribution in [0.25, 0.3) is 0 Å². The third kappa shape index (κ3) is 7.34. The van der Waals surface area contributed by atoms with Crippen LogP contribution in [0.2, 0.25) is 0 Å². The van der Waals surface area contributed by atoms with E-state index in [1.54, 1.807) is 0 Å². The number of nitrogens with one attached hydrogen (secondary N) is 1. The first-order valence-corrected chi connectivity index (χ1v) is 7.65. The quantitative estimate of drug-likeness (QED) is 0.675. The van der Waals surface area contributed by atoms with E-state index in [2.05, 4.69) is 37.9 Å². The van der Waals surface area contributed by atoms with Crippen LogP contribution < -0.4 is 5.32 Å². The number of piperazine rings is 1. The number of rotatable bonds is 8. The molecule has 1 saturated heterocycles. The lowest BCUT2D eigenvalue weighted by Crippen LogP contribution is -2.51. The average Bonchev–Trinajstić information content (AvgIpc) is 2.27. The van der Waals surface area contributed by atoms with E-state index in [0.717, 1.165) is 19.1 Å². The van der Waals surface area contributed by atoms with Gasteiger partial charge in [0.1, 0.15) is 0 Å². The highest BCUT2D eigenvalue weighted by molar-refractivity contribution is 4.79. The van der Waals surface area contributed by atoms with Gasteiger partial charge in [-0.15, -0.1) is 0 Å². The summed E-state index contributed by atoms with van der Waals surface area (Å²) in [5.41, 5.74) is 0. The van der Waals surface area contributed by atoms with Gasteiger partial charge in [0.15, 0.2) is 0 Å². The van der Waals surface area contributed by atoms with E-state index in [9.17, 15) is 0 Å². The minimum atomic E-state index is 0.375. The molecule has 3 nitrogen and oxygen atoms in total. The number of hydrogen-bond acceptors (Lipinski definition) is 3. The third-order valence-electron chi connectivity index (χ3n) is 3.42. The molecule has 0 aromatic rings. The van der Waals surface area contributed by atoms with E-state index in [1.165, 1.54) is 38.9 Å². The Morgan fingerprint density at radius 2 is 2.00 bits per heavy atom. The largest absolute Gasteiger partial charge is 0.379 e. The fourth-order valence-electron chi connectivity index (χ4n) is 2.58. The van der Waals surface area contributed by atoms with Gasteiger partial charge in [-0.3, -0.25) is 0 Å². The van der Waals surface area contributed by atoms with E-state index in [-0.39, 0.29) is 0 Å². The van der Waals surface area contributed by atoms with Crippen LogP contribution in [-0.4, -0.2) is 49.8 Å². The Balaban J connectivity index is 2.07. The zero-order chi connectivity index (χ0) is 13.4. The molecule has 1 N–H and O–H groups in total. The molecule has 0 amide bonds. The number of ether oxygens (including phenoxy) is 1. The lowest BCUT2D eigenvalue weighted by Gasteiger charge is -2.34. The van der Waals surface area contributed by atoms with Crippen LogP contribution in [0.3, 0.4) is 0 Å². The molecule has 108 valence electrons. The van der Waals surface area contributed by atoms with Crippen molar-refractivity contribution in [2.24, 2.45) is 5.92 Å². The average molecular weight is 256 g/mol. The van der Waals surface area contributed by atoms with Crippen molar-refractivity contribution in [2.45, 2.75) is 59.1 Å². The molecular formula is C15H32N2O. The topological polar surface area (TPSA) is 24.5 Å². The van der Waals surface area contributed by atoms with Gasteiger partial charge in [-0.25, -0.2) is 0 Å². The van der Waals surface area contributed by atoms with E-state index in [1.807, 2.05) is 0 Å². The monoisotopic (exact) mass is 256 g/mol. The van der Waals surface area contributed by atoms with Crippen LogP contribution in [0.1, 0.15) is 47.0 Å². The predicted molar refractivity (Wildman–Crippen MR) is 78.0 cm³/mol. The Morgan fingerprint density at radius 3 is 2.67 bits per heavy atom.